The first-order valence-corrected chi connectivity index (χ1v) is 11.7. The standard InChI is InChI=1S/C25H25FN4O2S/c1-17-20-15-23(33-25(20)30(27-17)16-18-7-9-19(26)10-8-18)24(31)29-13-11-28(12-14-29)21-5-3-4-6-22(21)32-2/h3-10,15H,11-14,16H2,1-2H3. The number of fused-ring (bicyclic) bond motifs is 1. The number of amides is 1. The average molecular weight is 465 g/mol. The summed E-state index contributed by atoms with van der Waals surface area (Å²) in [6.45, 7) is 5.33. The van der Waals surface area contributed by atoms with Crippen molar-refractivity contribution in [2.45, 2.75) is 13.5 Å². The lowest BCUT2D eigenvalue weighted by atomic mass is 10.2. The summed E-state index contributed by atoms with van der Waals surface area (Å²) < 4.78 is 20.6. The second-order valence-corrected chi connectivity index (χ2v) is 9.18. The summed E-state index contributed by atoms with van der Waals surface area (Å²) in [5, 5.41) is 5.63. The van der Waals surface area contributed by atoms with Gasteiger partial charge in [-0.1, -0.05) is 24.3 Å². The first-order valence-electron chi connectivity index (χ1n) is 10.9. The van der Waals surface area contributed by atoms with E-state index in [1.807, 2.05) is 40.8 Å². The Morgan fingerprint density at radius 3 is 2.55 bits per heavy atom. The van der Waals surface area contributed by atoms with Crippen LogP contribution in [0.2, 0.25) is 0 Å². The number of hydrogen-bond acceptors (Lipinski definition) is 5. The van der Waals surface area contributed by atoms with Gasteiger partial charge in [-0.05, 0) is 42.8 Å². The Balaban J connectivity index is 1.31. The minimum atomic E-state index is -0.254. The molecule has 1 saturated heterocycles. The average Bonchev–Trinajstić information content (AvgIpc) is 3.41. The topological polar surface area (TPSA) is 50.6 Å². The molecule has 6 nitrogen and oxygen atoms in total. The van der Waals surface area contributed by atoms with E-state index in [1.165, 1.54) is 23.5 Å². The van der Waals surface area contributed by atoms with E-state index >= 15 is 0 Å². The van der Waals surface area contributed by atoms with Crippen LogP contribution in [0.5, 0.6) is 5.75 Å². The van der Waals surface area contributed by atoms with Crippen molar-refractivity contribution < 1.29 is 13.9 Å². The monoisotopic (exact) mass is 464 g/mol. The molecular formula is C25H25FN4O2S. The zero-order chi connectivity index (χ0) is 22.9. The minimum Gasteiger partial charge on any atom is -0.495 e. The first kappa shape index (κ1) is 21.5. The Bertz CT molecular complexity index is 1290. The molecule has 8 heteroatoms. The van der Waals surface area contributed by atoms with Crippen molar-refractivity contribution in [3.63, 3.8) is 0 Å². The molecular weight excluding hydrogens is 439 g/mol. The smallest absolute Gasteiger partial charge is 0.264 e. The highest BCUT2D eigenvalue weighted by atomic mass is 32.1. The lowest BCUT2D eigenvalue weighted by molar-refractivity contribution is 0.0751. The fourth-order valence-corrected chi connectivity index (χ4v) is 5.41. The van der Waals surface area contributed by atoms with Gasteiger partial charge in [0.15, 0.2) is 0 Å². The van der Waals surface area contributed by atoms with Crippen LogP contribution in [0.25, 0.3) is 10.2 Å². The third-order valence-electron chi connectivity index (χ3n) is 6.06. The second-order valence-electron chi connectivity index (χ2n) is 8.15. The molecule has 0 spiro atoms. The van der Waals surface area contributed by atoms with Gasteiger partial charge in [-0.3, -0.25) is 9.48 Å². The van der Waals surface area contributed by atoms with Gasteiger partial charge in [0.1, 0.15) is 16.4 Å². The highest BCUT2D eigenvalue weighted by molar-refractivity contribution is 7.20. The Kier molecular flexibility index (Phi) is 5.76. The Labute approximate surface area is 195 Å². The quantitative estimate of drug-likeness (QED) is 0.434. The van der Waals surface area contributed by atoms with Gasteiger partial charge in [-0.25, -0.2) is 4.39 Å². The van der Waals surface area contributed by atoms with Crippen molar-refractivity contribution in [2.24, 2.45) is 0 Å². The summed E-state index contributed by atoms with van der Waals surface area (Å²) in [4.78, 5) is 19.1. The van der Waals surface area contributed by atoms with Crippen LogP contribution in [0.4, 0.5) is 10.1 Å². The van der Waals surface area contributed by atoms with E-state index in [0.717, 1.165) is 50.9 Å². The fraction of sp³-hybridized carbons (Fsp3) is 0.280. The van der Waals surface area contributed by atoms with E-state index in [4.69, 9.17) is 4.74 Å². The SMILES string of the molecule is COc1ccccc1N1CCN(C(=O)c2cc3c(C)nn(Cc4ccc(F)cc4)c3s2)CC1. The number of aromatic nitrogens is 2. The van der Waals surface area contributed by atoms with E-state index in [9.17, 15) is 9.18 Å². The van der Waals surface area contributed by atoms with Crippen LogP contribution >= 0.6 is 11.3 Å². The highest BCUT2D eigenvalue weighted by Gasteiger charge is 2.26. The number of carbonyl (C=O) groups is 1. The van der Waals surface area contributed by atoms with Crippen molar-refractivity contribution in [3.8, 4) is 5.75 Å². The van der Waals surface area contributed by atoms with Gasteiger partial charge < -0.3 is 14.5 Å². The lowest BCUT2D eigenvalue weighted by Crippen LogP contribution is -2.48. The van der Waals surface area contributed by atoms with Crippen molar-refractivity contribution in [3.05, 3.63) is 76.5 Å². The molecule has 0 radical (unpaired) electrons. The molecule has 4 aromatic rings. The highest BCUT2D eigenvalue weighted by Crippen LogP contribution is 2.31. The summed E-state index contributed by atoms with van der Waals surface area (Å²) in [6.07, 6.45) is 0. The van der Waals surface area contributed by atoms with Crippen molar-refractivity contribution in [2.75, 3.05) is 38.2 Å². The van der Waals surface area contributed by atoms with Crippen molar-refractivity contribution in [1.29, 1.82) is 0 Å². The number of aryl methyl sites for hydroxylation is 1. The number of anilines is 1. The molecule has 0 N–H and O–H groups in total. The molecule has 0 unspecified atom stereocenters. The van der Waals surface area contributed by atoms with E-state index in [-0.39, 0.29) is 11.7 Å². The molecule has 1 aliphatic heterocycles. The predicted molar refractivity (Wildman–Crippen MR) is 129 cm³/mol. The number of para-hydroxylation sites is 2. The lowest BCUT2D eigenvalue weighted by Gasteiger charge is -2.36. The normalized spacial score (nSPS) is 14.2. The largest absolute Gasteiger partial charge is 0.495 e. The maximum Gasteiger partial charge on any atom is 0.264 e. The summed E-state index contributed by atoms with van der Waals surface area (Å²) >= 11 is 1.47. The minimum absolute atomic E-state index is 0.0589. The molecule has 170 valence electrons. The Morgan fingerprint density at radius 2 is 1.82 bits per heavy atom. The number of carbonyl (C=O) groups excluding carboxylic acids is 1. The van der Waals surface area contributed by atoms with Crippen molar-refractivity contribution >= 4 is 33.1 Å². The second kappa shape index (κ2) is 8.86. The number of hydrogen-bond donors (Lipinski definition) is 0. The fourth-order valence-electron chi connectivity index (χ4n) is 4.29. The number of ether oxygens (including phenoxy) is 1. The molecule has 2 aromatic heterocycles. The van der Waals surface area contributed by atoms with E-state index in [0.29, 0.717) is 19.6 Å². The van der Waals surface area contributed by atoms with Crippen LogP contribution in [0.1, 0.15) is 20.9 Å². The molecule has 1 aliphatic rings. The molecule has 2 aromatic carbocycles. The van der Waals surface area contributed by atoms with Crippen LogP contribution in [-0.4, -0.2) is 53.9 Å². The van der Waals surface area contributed by atoms with Gasteiger partial charge in [0.25, 0.3) is 5.91 Å². The number of methoxy groups -OCH3 is 1. The van der Waals surface area contributed by atoms with Gasteiger partial charge >= 0.3 is 0 Å². The predicted octanol–water partition coefficient (Wildman–Crippen LogP) is 4.56. The summed E-state index contributed by atoms with van der Waals surface area (Å²) in [7, 11) is 1.68. The van der Waals surface area contributed by atoms with E-state index < -0.39 is 0 Å². The van der Waals surface area contributed by atoms with Gasteiger partial charge in [-0.15, -0.1) is 11.3 Å². The number of nitrogens with zero attached hydrogens (tertiary/aromatic N) is 4. The first-order chi connectivity index (χ1) is 16.0. The van der Waals surface area contributed by atoms with Gasteiger partial charge in [0, 0.05) is 31.6 Å². The molecule has 5 rings (SSSR count). The van der Waals surface area contributed by atoms with Gasteiger partial charge in [-0.2, -0.15) is 5.10 Å². The van der Waals surface area contributed by atoms with E-state index in [1.54, 1.807) is 19.2 Å². The number of halogens is 1. The third-order valence-corrected chi connectivity index (χ3v) is 7.19. The third kappa shape index (κ3) is 4.18. The Morgan fingerprint density at radius 1 is 1.09 bits per heavy atom. The summed E-state index contributed by atoms with van der Waals surface area (Å²) in [5.41, 5.74) is 2.92. The molecule has 3 heterocycles. The maximum absolute atomic E-state index is 13.3. The van der Waals surface area contributed by atoms with Crippen LogP contribution in [-0.2, 0) is 6.54 Å². The van der Waals surface area contributed by atoms with Crippen LogP contribution in [0, 0.1) is 12.7 Å². The number of piperazine rings is 1. The zero-order valence-electron chi connectivity index (χ0n) is 18.6. The molecule has 1 amide bonds. The number of benzene rings is 2. The number of rotatable bonds is 5. The molecule has 0 bridgehead atoms. The molecule has 33 heavy (non-hydrogen) atoms. The van der Waals surface area contributed by atoms with E-state index in [2.05, 4.69) is 16.1 Å². The molecule has 0 atom stereocenters. The molecule has 0 aliphatic carbocycles. The molecule has 1 fully saturated rings. The van der Waals surface area contributed by atoms with Gasteiger partial charge in [0.2, 0.25) is 0 Å². The maximum atomic E-state index is 13.3. The Hall–Kier alpha value is -3.39. The molecule has 0 saturated carbocycles. The van der Waals surface area contributed by atoms with Crippen LogP contribution in [0.15, 0.2) is 54.6 Å². The van der Waals surface area contributed by atoms with Crippen LogP contribution in [0.3, 0.4) is 0 Å². The van der Waals surface area contributed by atoms with Gasteiger partial charge in [0.05, 0.1) is 29.9 Å². The van der Waals surface area contributed by atoms with Crippen LogP contribution < -0.4 is 9.64 Å². The number of thiophene rings is 1. The zero-order valence-corrected chi connectivity index (χ0v) is 19.4. The van der Waals surface area contributed by atoms with Crippen molar-refractivity contribution in [1.82, 2.24) is 14.7 Å². The summed E-state index contributed by atoms with van der Waals surface area (Å²) in [6, 6.07) is 16.4. The summed E-state index contributed by atoms with van der Waals surface area (Å²) in [5.74, 6) is 0.655.